The van der Waals surface area contributed by atoms with Gasteiger partial charge in [-0.05, 0) is 63.6 Å². The van der Waals surface area contributed by atoms with Gasteiger partial charge in [0.25, 0.3) is 0 Å². The Morgan fingerprint density at radius 1 is 1.19 bits per heavy atom. The van der Waals surface area contributed by atoms with Crippen molar-refractivity contribution in [3.63, 3.8) is 0 Å². The number of ether oxygens (including phenoxy) is 1. The highest BCUT2D eigenvalue weighted by Gasteiger charge is 2.32. The number of piperidine rings is 1. The number of anilines is 1. The number of hydrogen-bond acceptors (Lipinski definition) is 5. The van der Waals surface area contributed by atoms with E-state index in [1.54, 1.807) is 11.8 Å². The first-order valence-corrected chi connectivity index (χ1v) is 11.4. The smallest absolute Gasteiger partial charge is 0.310 e. The molecule has 2 fully saturated rings. The average Bonchev–Trinajstić information content (AvgIpc) is 3.59. The van der Waals surface area contributed by atoms with Gasteiger partial charge in [-0.15, -0.1) is 0 Å². The van der Waals surface area contributed by atoms with Crippen LogP contribution in [0.15, 0.2) is 18.2 Å². The van der Waals surface area contributed by atoms with E-state index in [0.29, 0.717) is 38.7 Å². The van der Waals surface area contributed by atoms with Crippen LogP contribution in [0.1, 0.15) is 50.2 Å². The van der Waals surface area contributed by atoms with Crippen LogP contribution in [0.25, 0.3) is 0 Å². The summed E-state index contributed by atoms with van der Waals surface area (Å²) in [5.41, 5.74) is 2.98. The molecule has 1 unspecified atom stereocenters. The fourth-order valence-electron chi connectivity index (χ4n) is 4.13. The second-order valence-corrected chi connectivity index (χ2v) is 8.75. The van der Waals surface area contributed by atoms with Crippen LogP contribution in [0.4, 0.5) is 5.69 Å². The first-order valence-electron chi connectivity index (χ1n) is 11.4. The quantitative estimate of drug-likeness (QED) is 0.611. The van der Waals surface area contributed by atoms with Crippen molar-refractivity contribution in [2.45, 2.75) is 58.9 Å². The van der Waals surface area contributed by atoms with Crippen molar-refractivity contribution in [1.82, 2.24) is 9.80 Å². The van der Waals surface area contributed by atoms with Crippen LogP contribution in [0.2, 0.25) is 0 Å². The second-order valence-electron chi connectivity index (χ2n) is 8.75. The number of hydrogen-bond donors (Lipinski definition) is 1. The molecular formula is C24H35N3O4. The summed E-state index contributed by atoms with van der Waals surface area (Å²) >= 11 is 0. The van der Waals surface area contributed by atoms with Crippen LogP contribution >= 0.6 is 0 Å². The molecule has 3 rings (SSSR count). The van der Waals surface area contributed by atoms with E-state index < -0.39 is 0 Å². The Morgan fingerprint density at radius 2 is 1.97 bits per heavy atom. The minimum atomic E-state index is -0.222. The van der Waals surface area contributed by atoms with Crippen LogP contribution in [0.3, 0.4) is 0 Å². The molecule has 2 amide bonds. The zero-order valence-electron chi connectivity index (χ0n) is 19.0. The van der Waals surface area contributed by atoms with Crippen LogP contribution in [-0.4, -0.2) is 66.4 Å². The Hall–Kier alpha value is -2.41. The van der Waals surface area contributed by atoms with E-state index >= 15 is 0 Å². The van der Waals surface area contributed by atoms with E-state index in [0.717, 1.165) is 42.5 Å². The Labute approximate surface area is 185 Å². The summed E-state index contributed by atoms with van der Waals surface area (Å²) in [6.07, 6.45) is 4.09. The molecular weight excluding hydrogens is 394 g/mol. The minimum absolute atomic E-state index is 0.0478. The number of esters is 1. The molecule has 31 heavy (non-hydrogen) atoms. The molecule has 2 aliphatic rings. The summed E-state index contributed by atoms with van der Waals surface area (Å²) in [6.45, 7) is 8.12. The summed E-state index contributed by atoms with van der Waals surface area (Å²) in [6, 6.07) is 6.39. The van der Waals surface area contributed by atoms with Gasteiger partial charge < -0.3 is 15.0 Å². The highest BCUT2D eigenvalue weighted by atomic mass is 16.5. The molecule has 1 aromatic rings. The van der Waals surface area contributed by atoms with E-state index in [4.69, 9.17) is 4.74 Å². The topological polar surface area (TPSA) is 79.0 Å². The van der Waals surface area contributed by atoms with E-state index in [-0.39, 0.29) is 30.2 Å². The van der Waals surface area contributed by atoms with Gasteiger partial charge >= 0.3 is 5.97 Å². The van der Waals surface area contributed by atoms with E-state index in [2.05, 4.69) is 10.2 Å². The number of carbonyl (C=O) groups is 3. The van der Waals surface area contributed by atoms with Gasteiger partial charge in [0.2, 0.25) is 11.8 Å². The average molecular weight is 430 g/mol. The highest BCUT2D eigenvalue weighted by molar-refractivity contribution is 5.93. The number of carbonyl (C=O) groups excluding carboxylic acids is 3. The maximum atomic E-state index is 12.8. The fraction of sp³-hybridized carbons (Fsp3) is 0.625. The summed E-state index contributed by atoms with van der Waals surface area (Å²) in [5, 5.41) is 3.02. The Morgan fingerprint density at radius 3 is 2.68 bits per heavy atom. The molecule has 7 nitrogen and oxygen atoms in total. The molecule has 1 aliphatic heterocycles. The van der Waals surface area contributed by atoms with Crippen molar-refractivity contribution in [1.29, 1.82) is 0 Å². The number of amides is 2. The van der Waals surface area contributed by atoms with Gasteiger partial charge in [0, 0.05) is 37.8 Å². The molecule has 1 saturated carbocycles. The highest BCUT2D eigenvalue weighted by Crippen LogP contribution is 2.27. The van der Waals surface area contributed by atoms with Gasteiger partial charge in [-0.25, -0.2) is 0 Å². The molecule has 1 heterocycles. The molecule has 1 N–H and O–H groups in total. The standard InChI is InChI=1S/C24H35N3O4/c1-4-31-24(30)19-6-5-12-27(15-19)23(29)11-13-26(20-9-10-20)16-22(28)25-21-14-17(2)7-8-18(21)3/h7-8,14,19-20H,4-6,9-13,15-16H2,1-3H3,(H,25,28). The lowest BCUT2D eigenvalue weighted by Gasteiger charge is -2.32. The largest absolute Gasteiger partial charge is 0.466 e. The lowest BCUT2D eigenvalue weighted by atomic mass is 9.98. The molecule has 0 bridgehead atoms. The van der Waals surface area contributed by atoms with Crippen LogP contribution in [0.5, 0.6) is 0 Å². The Balaban J connectivity index is 1.50. The number of likely N-dealkylation sites (tertiary alicyclic amines) is 1. The fourth-order valence-corrected chi connectivity index (χ4v) is 4.13. The van der Waals surface area contributed by atoms with Gasteiger partial charge in [0.05, 0.1) is 19.1 Å². The van der Waals surface area contributed by atoms with Crippen molar-refractivity contribution >= 4 is 23.5 Å². The SMILES string of the molecule is CCOC(=O)C1CCCN(C(=O)CCN(CC(=O)Nc2cc(C)ccc2C)C2CC2)C1. The van der Waals surface area contributed by atoms with Crippen LogP contribution in [0, 0.1) is 19.8 Å². The van der Waals surface area contributed by atoms with Gasteiger partial charge in [-0.3, -0.25) is 19.3 Å². The predicted octanol–water partition coefficient (Wildman–Crippen LogP) is 2.90. The Kier molecular flexibility index (Phi) is 8.07. The van der Waals surface area contributed by atoms with Gasteiger partial charge in [0.1, 0.15) is 0 Å². The van der Waals surface area contributed by atoms with Crippen LogP contribution < -0.4 is 5.32 Å². The summed E-state index contributed by atoms with van der Waals surface area (Å²) in [7, 11) is 0. The number of aryl methyl sites for hydroxylation is 2. The molecule has 0 aromatic heterocycles. The number of rotatable bonds is 9. The molecule has 0 radical (unpaired) electrons. The van der Waals surface area contributed by atoms with Crippen LogP contribution in [-0.2, 0) is 19.1 Å². The lowest BCUT2D eigenvalue weighted by molar-refractivity contribution is -0.151. The molecule has 7 heteroatoms. The summed E-state index contributed by atoms with van der Waals surface area (Å²) < 4.78 is 5.13. The number of nitrogens with zero attached hydrogens (tertiary/aromatic N) is 2. The van der Waals surface area contributed by atoms with Crippen molar-refractivity contribution < 1.29 is 19.1 Å². The first kappa shape index (κ1) is 23.3. The minimum Gasteiger partial charge on any atom is -0.466 e. The monoisotopic (exact) mass is 429 g/mol. The van der Waals surface area contributed by atoms with Crippen molar-refractivity contribution in [3.05, 3.63) is 29.3 Å². The molecule has 0 spiro atoms. The zero-order valence-corrected chi connectivity index (χ0v) is 19.0. The zero-order chi connectivity index (χ0) is 22.4. The van der Waals surface area contributed by atoms with E-state index in [9.17, 15) is 14.4 Å². The second kappa shape index (κ2) is 10.8. The maximum Gasteiger partial charge on any atom is 0.310 e. The normalized spacial score (nSPS) is 18.7. The van der Waals surface area contributed by atoms with Crippen molar-refractivity contribution in [3.8, 4) is 0 Å². The number of nitrogens with one attached hydrogen (secondary N) is 1. The molecule has 170 valence electrons. The van der Waals surface area contributed by atoms with Crippen molar-refractivity contribution in [2.75, 3.05) is 38.1 Å². The van der Waals surface area contributed by atoms with Crippen molar-refractivity contribution in [2.24, 2.45) is 5.92 Å². The maximum absolute atomic E-state index is 12.8. The lowest BCUT2D eigenvalue weighted by Crippen LogP contribution is -2.44. The predicted molar refractivity (Wildman–Crippen MR) is 120 cm³/mol. The third-order valence-corrected chi connectivity index (χ3v) is 6.08. The molecule has 1 aromatic carbocycles. The molecule has 1 aliphatic carbocycles. The molecule has 1 atom stereocenters. The third kappa shape index (κ3) is 6.79. The Bertz CT molecular complexity index is 806. The first-order chi connectivity index (χ1) is 14.9. The summed E-state index contributed by atoms with van der Waals surface area (Å²) in [5.74, 6) is -0.425. The summed E-state index contributed by atoms with van der Waals surface area (Å²) in [4.78, 5) is 41.4. The number of benzene rings is 1. The van der Waals surface area contributed by atoms with Gasteiger partial charge in [-0.2, -0.15) is 0 Å². The van der Waals surface area contributed by atoms with Gasteiger partial charge in [0.15, 0.2) is 0 Å². The van der Waals surface area contributed by atoms with Gasteiger partial charge in [-0.1, -0.05) is 12.1 Å². The van der Waals surface area contributed by atoms with E-state index in [1.807, 2.05) is 32.0 Å². The third-order valence-electron chi connectivity index (χ3n) is 6.08. The molecule has 1 saturated heterocycles. The van der Waals surface area contributed by atoms with E-state index in [1.165, 1.54) is 0 Å².